The van der Waals surface area contributed by atoms with Gasteiger partial charge in [-0.1, -0.05) is 84.0 Å². The first-order chi connectivity index (χ1) is 11.8. The van der Waals surface area contributed by atoms with Crippen molar-refractivity contribution >= 4 is 5.91 Å². The van der Waals surface area contributed by atoms with Crippen molar-refractivity contribution in [3.8, 4) is 0 Å². The number of hydrogen-bond acceptors (Lipinski definition) is 2. The van der Waals surface area contributed by atoms with Gasteiger partial charge in [0.1, 0.15) is 0 Å². The van der Waals surface area contributed by atoms with Crippen LogP contribution >= 0.6 is 0 Å². The van der Waals surface area contributed by atoms with Crippen molar-refractivity contribution in [2.75, 3.05) is 6.54 Å². The zero-order chi connectivity index (χ0) is 17.3. The number of unbranched alkanes of at least 4 members (excludes halogenated alkanes) is 12. The Hall–Kier alpha value is -1.38. The molecule has 0 atom stereocenters. The maximum absolute atomic E-state index is 11.8. The fraction of sp³-hybridized carbons (Fsp3) is 0.714. The average Bonchev–Trinajstić information content (AvgIpc) is 2.62. The first-order valence-electron chi connectivity index (χ1n) is 10.0. The molecule has 0 bridgehead atoms. The van der Waals surface area contributed by atoms with Gasteiger partial charge in [-0.25, -0.2) is 0 Å². The molecule has 0 spiro atoms. The Kier molecular flexibility index (Phi) is 13.1. The molecule has 1 aromatic rings. The van der Waals surface area contributed by atoms with E-state index in [4.69, 9.17) is 0 Å². The quantitative estimate of drug-likeness (QED) is 0.406. The number of amides is 1. The highest BCUT2D eigenvalue weighted by atomic mass is 16.1. The lowest BCUT2D eigenvalue weighted by atomic mass is 10.0. The number of pyridine rings is 1. The lowest BCUT2D eigenvalue weighted by Gasteiger charge is -2.05. The van der Waals surface area contributed by atoms with E-state index >= 15 is 0 Å². The average molecular weight is 333 g/mol. The molecule has 0 saturated heterocycles. The lowest BCUT2D eigenvalue weighted by Crippen LogP contribution is -2.24. The van der Waals surface area contributed by atoms with Gasteiger partial charge in [0.15, 0.2) is 0 Å². The third-order valence-electron chi connectivity index (χ3n) is 4.51. The molecule has 1 heterocycles. The first-order valence-corrected chi connectivity index (χ1v) is 10.0. The number of aromatic nitrogens is 1. The van der Waals surface area contributed by atoms with Crippen molar-refractivity contribution in [3.63, 3.8) is 0 Å². The van der Waals surface area contributed by atoms with Crippen LogP contribution in [0.5, 0.6) is 0 Å². The molecule has 1 aromatic heterocycles. The van der Waals surface area contributed by atoms with Crippen molar-refractivity contribution in [3.05, 3.63) is 30.1 Å². The second kappa shape index (κ2) is 15.2. The third-order valence-corrected chi connectivity index (χ3v) is 4.51. The summed E-state index contributed by atoms with van der Waals surface area (Å²) in [4.78, 5) is 15.7. The summed E-state index contributed by atoms with van der Waals surface area (Å²) >= 11 is 0. The molecular formula is C21H36N2O. The molecule has 3 heteroatoms. The van der Waals surface area contributed by atoms with Gasteiger partial charge < -0.3 is 5.32 Å². The van der Waals surface area contributed by atoms with Crippen molar-refractivity contribution in [1.82, 2.24) is 10.3 Å². The van der Waals surface area contributed by atoms with Crippen LogP contribution in [-0.2, 0) is 0 Å². The third kappa shape index (κ3) is 11.2. The van der Waals surface area contributed by atoms with Crippen LogP contribution in [0.25, 0.3) is 0 Å². The van der Waals surface area contributed by atoms with Gasteiger partial charge in [0.2, 0.25) is 0 Å². The van der Waals surface area contributed by atoms with E-state index in [2.05, 4.69) is 17.2 Å². The Morgan fingerprint density at radius 2 is 1.25 bits per heavy atom. The second-order valence-electron chi connectivity index (χ2n) is 6.73. The van der Waals surface area contributed by atoms with Gasteiger partial charge >= 0.3 is 0 Å². The van der Waals surface area contributed by atoms with E-state index in [0.717, 1.165) is 13.0 Å². The monoisotopic (exact) mass is 332 g/mol. The molecule has 1 rings (SSSR count). The molecule has 0 aliphatic carbocycles. The summed E-state index contributed by atoms with van der Waals surface area (Å²) in [5, 5.41) is 2.97. The van der Waals surface area contributed by atoms with Crippen molar-refractivity contribution < 1.29 is 4.79 Å². The maximum Gasteiger partial charge on any atom is 0.251 e. The molecule has 0 radical (unpaired) electrons. The van der Waals surface area contributed by atoms with Crippen LogP contribution in [0, 0.1) is 0 Å². The summed E-state index contributed by atoms with van der Waals surface area (Å²) in [6, 6.07) is 3.50. The normalized spacial score (nSPS) is 10.7. The zero-order valence-electron chi connectivity index (χ0n) is 15.6. The van der Waals surface area contributed by atoms with Gasteiger partial charge in [-0.3, -0.25) is 9.78 Å². The highest BCUT2D eigenvalue weighted by Gasteiger charge is 2.02. The maximum atomic E-state index is 11.8. The fourth-order valence-corrected chi connectivity index (χ4v) is 2.95. The van der Waals surface area contributed by atoms with E-state index in [9.17, 15) is 4.79 Å². The van der Waals surface area contributed by atoms with Gasteiger partial charge in [-0.15, -0.1) is 0 Å². The Morgan fingerprint density at radius 3 is 1.75 bits per heavy atom. The van der Waals surface area contributed by atoms with Crippen LogP contribution in [0.3, 0.4) is 0 Å². The predicted molar refractivity (Wildman–Crippen MR) is 102 cm³/mol. The standard InChI is InChI=1S/C21H36N2O/c1-2-3-4-5-6-7-8-9-10-11-12-13-14-17-23-21(24)20-15-18-22-19-16-20/h15-16,18-19H,2-14,17H2,1H3,(H,23,24). The van der Waals surface area contributed by atoms with Gasteiger partial charge in [0.25, 0.3) is 5.91 Å². The molecule has 136 valence electrons. The smallest absolute Gasteiger partial charge is 0.251 e. The van der Waals surface area contributed by atoms with E-state index in [1.807, 2.05) is 0 Å². The van der Waals surface area contributed by atoms with Gasteiger partial charge in [-0.2, -0.15) is 0 Å². The summed E-state index contributed by atoms with van der Waals surface area (Å²) < 4.78 is 0. The molecule has 0 saturated carbocycles. The van der Waals surface area contributed by atoms with E-state index in [1.165, 1.54) is 77.0 Å². The minimum atomic E-state index is 0.0105. The minimum absolute atomic E-state index is 0.0105. The summed E-state index contributed by atoms with van der Waals surface area (Å²) in [6.45, 7) is 3.05. The second-order valence-corrected chi connectivity index (χ2v) is 6.73. The van der Waals surface area contributed by atoms with E-state index in [1.54, 1.807) is 24.5 Å². The van der Waals surface area contributed by atoms with Crippen LogP contribution in [0.1, 0.15) is 101 Å². The number of hydrogen-bond donors (Lipinski definition) is 1. The van der Waals surface area contributed by atoms with Crippen LogP contribution in [0.2, 0.25) is 0 Å². The zero-order valence-corrected chi connectivity index (χ0v) is 15.6. The van der Waals surface area contributed by atoms with Crippen LogP contribution in [0.4, 0.5) is 0 Å². The molecule has 0 fully saturated rings. The number of carbonyl (C=O) groups excluding carboxylic acids is 1. The summed E-state index contributed by atoms with van der Waals surface area (Å²) in [5.41, 5.74) is 0.694. The van der Waals surface area contributed by atoms with Crippen LogP contribution < -0.4 is 5.32 Å². The molecule has 1 N–H and O–H groups in total. The molecule has 0 aliphatic rings. The number of nitrogens with one attached hydrogen (secondary N) is 1. The highest BCUT2D eigenvalue weighted by Crippen LogP contribution is 2.12. The minimum Gasteiger partial charge on any atom is -0.352 e. The largest absolute Gasteiger partial charge is 0.352 e. The Labute approximate surface area is 148 Å². The first kappa shape index (κ1) is 20.7. The van der Waals surface area contributed by atoms with Crippen molar-refractivity contribution in [2.24, 2.45) is 0 Å². The Morgan fingerprint density at radius 1 is 0.792 bits per heavy atom. The molecule has 3 nitrogen and oxygen atoms in total. The number of rotatable bonds is 15. The molecule has 0 unspecified atom stereocenters. The molecule has 24 heavy (non-hydrogen) atoms. The molecule has 0 aliphatic heterocycles. The highest BCUT2D eigenvalue weighted by molar-refractivity contribution is 5.93. The lowest BCUT2D eigenvalue weighted by molar-refractivity contribution is 0.0953. The van der Waals surface area contributed by atoms with Crippen molar-refractivity contribution in [1.29, 1.82) is 0 Å². The summed E-state index contributed by atoms with van der Waals surface area (Å²) in [7, 11) is 0. The molecular weight excluding hydrogens is 296 g/mol. The van der Waals surface area contributed by atoms with E-state index < -0.39 is 0 Å². The van der Waals surface area contributed by atoms with E-state index in [0.29, 0.717) is 5.56 Å². The molecule has 0 aromatic carbocycles. The summed E-state index contributed by atoms with van der Waals surface area (Å²) in [5.74, 6) is 0.0105. The fourth-order valence-electron chi connectivity index (χ4n) is 2.95. The number of nitrogens with zero attached hydrogens (tertiary/aromatic N) is 1. The van der Waals surface area contributed by atoms with Crippen molar-refractivity contribution in [2.45, 2.75) is 90.4 Å². The van der Waals surface area contributed by atoms with Crippen LogP contribution in [0.15, 0.2) is 24.5 Å². The van der Waals surface area contributed by atoms with Gasteiger partial charge in [0.05, 0.1) is 0 Å². The van der Waals surface area contributed by atoms with Gasteiger partial charge in [-0.05, 0) is 18.6 Å². The Bertz CT molecular complexity index is 406. The Balaban J connectivity index is 1.80. The van der Waals surface area contributed by atoms with Gasteiger partial charge in [0, 0.05) is 24.5 Å². The van der Waals surface area contributed by atoms with Crippen LogP contribution in [-0.4, -0.2) is 17.4 Å². The topological polar surface area (TPSA) is 42.0 Å². The molecule has 1 amide bonds. The number of carbonyl (C=O) groups is 1. The van der Waals surface area contributed by atoms with E-state index in [-0.39, 0.29) is 5.91 Å². The summed E-state index contributed by atoms with van der Waals surface area (Å²) in [6.07, 6.45) is 20.9. The predicted octanol–water partition coefficient (Wildman–Crippen LogP) is 5.90. The SMILES string of the molecule is CCCCCCCCCCCCCCCNC(=O)c1ccncc1.